The summed E-state index contributed by atoms with van der Waals surface area (Å²) in [4.78, 5) is 11.8. The fourth-order valence-electron chi connectivity index (χ4n) is 1.96. The zero-order chi connectivity index (χ0) is 17.5. The first kappa shape index (κ1) is 18.5. The number of halogens is 2. The maximum absolute atomic E-state index is 11.8. The van der Waals surface area contributed by atoms with E-state index in [9.17, 15) is 4.79 Å². The fraction of sp³-hybridized carbons (Fsp3) is 0.176. The van der Waals surface area contributed by atoms with Gasteiger partial charge in [-0.15, -0.1) is 0 Å². The molecule has 0 radical (unpaired) electrons. The van der Waals surface area contributed by atoms with Gasteiger partial charge >= 0.3 is 0 Å². The van der Waals surface area contributed by atoms with Gasteiger partial charge in [-0.05, 0) is 47.1 Å². The molecule has 5 nitrogen and oxygen atoms in total. The predicted octanol–water partition coefficient (Wildman–Crippen LogP) is 4.09. The lowest BCUT2D eigenvalue weighted by Gasteiger charge is -2.08. The molecule has 24 heavy (non-hydrogen) atoms. The van der Waals surface area contributed by atoms with Crippen molar-refractivity contribution in [1.29, 1.82) is 0 Å². The highest BCUT2D eigenvalue weighted by Gasteiger charge is 2.07. The Morgan fingerprint density at radius 2 is 1.96 bits per heavy atom. The number of methoxy groups -OCH3 is 1. The van der Waals surface area contributed by atoms with Crippen LogP contribution in [0.15, 0.2) is 50.4 Å². The second kappa shape index (κ2) is 8.84. The number of nitrogens with one attached hydrogen (secondary N) is 2. The van der Waals surface area contributed by atoms with Crippen molar-refractivity contribution in [3.8, 4) is 5.75 Å². The van der Waals surface area contributed by atoms with E-state index in [1.807, 2.05) is 43.3 Å². The van der Waals surface area contributed by atoms with Crippen molar-refractivity contribution in [3.05, 3.63) is 56.5 Å². The monoisotopic (exact) mass is 453 g/mol. The molecule has 0 aliphatic rings. The summed E-state index contributed by atoms with van der Waals surface area (Å²) in [5, 5.41) is 7.01. The first-order chi connectivity index (χ1) is 11.5. The zero-order valence-electron chi connectivity index (χ0n) is 13.3. The molecule has 2 N–H and O–H groups in total. The van der Waals surface area contributed by atoms with Crippen molar-refractivity contribution in [2.75, 3.05) is 19.0 Å². The maximum Gasteiger partial charge on any atom is 0.259 e. The minimum absolute atomic E-state index is 0.139. The number of carbonyl (C=O) groups excluding carboxylic acids is 1. The Morgan fingerprint density at radius 1 is 1.25 bits per heavy atom. The summed E-state index contributed by atoms with van der Waals surface area (Å²) in [6, 6.07) is 11.5. The van der Waals surface area contributed by atoms with Gasteiger partial charge in [-0.2, -0.15) is 5.10 Å². The van der Waals surface area contributed by atoms with Crippen LogP contribution in [0, 0.1) is 6.92 Å². The van der Waals surface area contributed by atoms with Gasteiger partial charge in [0, 0.05) is 15.7 Å². The molecular formula is C17H17Br2N3O2. The molecule has 0 saturated heterocycles. The Labute approximate surface area is 157 Å². The number of hydrogen-bond acceptors (Lipinski definition) is 4. The summed E-state index contributed by atoms with van der Waals surface area (Å²) < 4.78 is 7.00. The van der Waals surface area contributed by atoms with Crippen LogP contribution in [0.1, 0.15) is 11.1 Å². The number of hydrogen-bond donors (Lipinski definition) is 2. The van der Waals surface area contributed by atoms with E-state index in [2.05, 4.69) is 47.7 Å². The number of hydrazone groups is 1. The average molecular weight is 455 g/mol. The molecule has 2 rings (SSSR count). The van der Waals surface area contributed by atoms with Crippen molar-refractivity contribution in [3.63, 3.8) is 0 Å². The first-order valence-corrected chi connectivity index (χ1v) is 8.73. The minimum Gasteiger partial charge on any atom is -0.495 e. The SMILES string of the molecule is COc1c(Br)cc(Br)cc1/C=N\NC(=O)CNc1ccc(C)cc1. The number of ether oxygens (including phenoxy) is 1. The molecule has 0 aliphatic heterocycles. The molecule has 0 aromatic heterocycles. The molecule has 2 aromatic rings. The molecule has 0 fully saturated rings. The van der Waals surface area contributed by atoms with Crippen LogP contribution in [0.5, 0.6) is 5.75 Å². The van der Waals surface area contributed by atoms with E-state index >= 15 is 0 Å². The predicted molar refractivity (Wildman–Crippen MR) is 104 cm³/mol. The van der Waals surface area contributed by atoms with Crippen LogP contribution in [0.3, 0.4) is 0 Å². The van der Waals surface area contributed by atoms with Crippen LogP contribution in [-0.4, -0.2) is 25.8 Å². The van der Waals surface area contributed by atoms with Gasteiger partial charge in [0.25, 0.3) is 5.91 Å². The van der Waals surface area contributed by atoms with Crippen molar-refractivity contribution < 1.29 is 9.53 Å². The Hall–Kier alpha value is -1.86. The number of anilines is 1. The van der Waals surface area contributed by atoms with Crippen LogP contribution in [0.4, 0.5) is 5.69 Å². The smallest absolute Gasteiger partial charge is 0.259 e. The quantitative estimate of drug-likeness (QED) is 0.510. The van der Waals surface area contributed by atoms with Gasteiger partial charge in [0.1, 0.15) is 5.75 Å². The fourth-order valence-corrected chi connectivity index (χ4v) is 3.38. The number of nitrogens with zero attached hydrogens (tertiary/aromatic N) is 1. The number of benzene rings is 2. The van der Waals surface area contributed by atoms with Gasteiger partial charge in [-0.1, -0.05) is 33.6 Å². The van der Waals surface area contributed by atoms with Crippen molar-refractivity contribution in [2.45, 2.75) is 6.92 Å². The van der Waals surface area contributed by atoms with E-state index in [1.54, 1.807) is 7.11 Å². The molecule has 0 aliphatic carbocycles. The summed E-state index contributed by atoms with van der Waals surface area (Å²) in [6.45, 7) is 2.15. The standard InChI is InChI=1S/C17H17Br2N3O2/c1-11-3-5-14(6-4-11)20-10-16(23)22-21-9-12-7-13(18)8-15(19)17(12)24-2/h3-9,20H,10H2,1-2H3,(H,22,23)/b21-9-. The molecule has 0 heterocycles. The van der Waals surface area contributed by atoms with E-state index in [0.29, 0.717) is 5.75 Å². The van der Waals surface area contributed by atoms with E-state index in [-0.39, 0.29) is 12.5 Å². The molecule has 0 unspecified atom stereocenters. The number of amides is 1. The Bertz CT molecular complexity index is 746. The Morgan fingerprint density at radius 3 is 2.62 bits per heavy atom. The van der Waals surface area contributed by atoms with Crippen molar-refractivity contribution in [2.24, 2.45) is 5.10 Å². The van der Waals surface area contributed by atoms with Gasteiger partial charge in [0.2, 0.25) is 0 Å². The molecule has 0 saturated carbocycles. The summed E-state index contributed by atoms with van der Waals surface area (Å²) >= 11 is 6.83. The number of aryl methyl sites for hydroxylation is 1. The van der Waals surface area contributed by atoms with Gasteiger partial charge in [0.05, 0.1) is 24.3 Å². The summed E-state index contributed by atoms with van der Waals surface area (Å²) in [7, 11) is 1.58. The number of carbonyl (C=O) groups is 1. The van der Waals surface area contributed by atoms with Crippen molar-refractivity contribution in [1.82, 2.24) is 5.43 Å². The Kier molecular flexibility index (Phi) is 6.81. The molecule has 0 spiro atoms. The largest absolute Gasteiger partial charge is 0.495 e. The van der Waals surface area contributed by atoms with Gasteiger partial charge < -0.3 is 10.1 Å². The third-order valence-electron chi connectivity index (χ3n) is 3.14. The summed E-state index contributed by atoms with van der Waals surface area (Å²) in [5.41, 5.74) is 5.28. The molecule has 126 valence electrons. The van der Waals surface area contributed by atoms with Crippen LogP contribution in [0.25, 0.3) is 0 Å². The first-order valence-electron chi connectivity index (χ1n) is 7.15. The van der Waals surface area contributed by atoms with Gasteiger partial charge in [-0.3, -0.25) is 4.79 Å². The van der Waals surface area contributed by atoms with Crippen LogP contribution >= 0.6 is 31.9 Å². The normalized spacial score (nSPS) is 10.7. The van der Waals surface area contributed by atoms with Crippen LogP contribution in [-0.2, 0) is 4.79 Å². The molecule has 7 heteroatoms. The zero-order valence-corrected chi connectivity index (χ0v) is 16.4. The lowest BCUT2D eigenvalue weighted by Crippen LogP contribution is -2.25. The molecule has 1 amide bonds. The number of rotatable bonds is 6. The van der Waals surface area contributed by atoms with E-state index < -0.39 is 0 Å². The topological polar surface area (TPSA) is 62.7 Å². The molecule has 0 bridgehead atoms. The Balaban J connectivity index is 1.91. The lowest BCUT2D eigenvalue weighted by atomic mass is 10.2. The van der Waals surface area contributed by atoms with Gasteiger partial charge in [-0.25, -0.2) is 5.43 Å². The average Bonchev–Trinajstić information content (AvgIpc) is 2.54. The highest BCUT2D eigenvalue weighted by atomic mass is 79.9. The summed E-state index contributed by atoms with van der Waals surface area (Å²) in [5.74, 6) is 0.411. The molecule has 0 atom stereocenters. The third-order valence-corrected chi connectivity index (χ3v) is 4.19. The summed E-state index contributed by atoms with van der Waals surface area (Å²) in [6.07, 6.45) is 1.54. The van der Waals surface area contributed by atoms with E-state index in [1.165, 1.54) is 11.8 Å². The van der Waals surface area contributed by atoms with Crippen molar-refractivity contribution >= 4 is 49.7 Å². The highest BCUT2D eigenvalue weighted by molar-refractivity contribution is 9.11. The highest BCUT2D eigenvalue weighted by Crippen LogP contribution is 2.31. The van der Waals surface area contributed by atoms with E-state index in [4.69, 9.17) is 4.74 Å². The second-order valence-corrected chi connectivity index (χ2v) is 6.79. The lowest BCUT2D eigenvalue weighted by molar-refractivity contribution is -0.119. The van der Waals surface area contributed by atoms with E-state index in [0.717, 1.165) is 20.2 Å². The maximum atomic E-state index is 11.8. The van der Waals surface area contributed by atoms with Crippen LogP contribution in [0.2, 0.25) is 0 Å². The second-order valence-electron chi connectivity index (χ2n) is 5.02. The molecular weight excluding hydrogens is 438 g/mol. The van der Waals surface area contributed by atoms with Crippen LogP contribution < -0.4 is 15.5 Å². The third kappa shape index (κ3) is 5.35. The minimum atomic E-state index is -0.236. The molecule has 2 aromatic carbocycles. The van der Waals surface area contributed by atoms with Gasteiger partial charge in [0.15, 0.2) is 0 Å².